The first kappa shape index (κ1) is 6.68. The topological polar surface area (TPSA) is 12.0 Å². The molecule has 1 fully saturated rings. The molecule has 0 spiro atoms. The van der Waals surface area contributed by atoms with Gasteiger partial charge in [0.15, 0.2) is 0 Å². The highest BCUT2D eigenvalue weighted by molar-refractivity contribution is 6.22. The van der Waals surface area contributed by atoms with Crippen molar-refractivity contribution in [1.29, 1.82) is 0 Å². The average Bonchev–Trinajstić information content (AvgIpc) is 2.68. The van der Waals surface area contributed by atoms with E-state index in [2.05, 4.69) is 11.4 Å². The van der Waals surface area contributed by atoms with E-state index >= 15 is 0 Å². The van der Waals surface area contributed by atoms with Gasteiger partial charge in [-0.3, -0.25) is 0 Å². The molecule has 10 heavy (non-hydrogen) atoms. The molecular formula is C8H12ClN. The number of rotatable bonds is 1. The fourth-order valence-corrected chi connectivity index (χ4v) is 1.71. The first-order valence-corrected chi connectivity index (χ1v) is 4.35. The van der Waals surface area contributed by atoms with E-state index in [-0.39, 0.29) is 5.38 Å². The Morgan fingerprint density at radius 2 is 2.30 bits per heavy atom. The molecule has 0 bridgehead atoms. The molecule has 0 aromatic heterocycles. The minimum atomic E-state index is 0.240. The molecule has 0 aromatic rings. The Hall–Kier alpha value is -0.0100. The molecule has 0 aromatic carbocycles. The predicted octanol–water partition coefficient (Wildman–Crippen LogP) is 1.53. The lowest BCUT2D eigenvalue weighted by Gasteiger charge is -2.17. The van der Waals surface area contributed by atoms with Crippen LogP contribution in [0.5, 0.6) is 0 Å². The van der Waals surface area contributed by atoms with Gasteiger partial charge in [0.25, 0.3) is 0 Å². The summed E-state index contributed by atoms with van der Waals surface area (Å²) in [5, 5.41) is 3.55. The molecule has 1 atom stereocenters. The van der Waals surface area contributed by atoms with Gasteiger partial charge in [-0.25, -0.2) is 0 Å². The van der Waals surface area contributed by atoms with E-state index in [0.29, 0.717) is 0 Å². The number of hydrogen-bond donors (Lipinski definition) is 1. The van der Waals surface area contributed by atoms with Gasteiger partial charge in [-0.2, -0.15) is 0 Å². The Morgan fingerprint density at radius 1 is 1.50 bits per heavy atom. The predicted molar refractivity (Wildman–Crippen MR) is 43.3 cm³/mol. The number of nitrogens with one attached hydrogen (secondary N) is 1. The lowest BCUT2D eigenvalue weighted by molar-refractivity contribution is 0.678. The monoisotopic (exact) mass is 157 g/mol. The standard InChI is InChI=1S/C8H12ClN/c9-8-3-7(4-10-5-8)6-1-2-6/h3,6,8,10H,1-2,4-5H2. The van der Waals surface area contributed by atoms with Gasteiger partial charge in [-0.05, 0) is 18.8 Å². The highest BCUT2D eigenvalue weighted by Gasteiger charge is 2.27. The third-order valence-electron chi connectivity index (χ3n) is 2.17. The molecule has 0 saturated heterocycles. The summed E-state index contributed by atoms with van der Waals surface area (Å²) in [6.45, 7) is 2.02. The van der Waals surface area contributed by atoms with Gasteiger partial charge in [0.1, 0.15) is 0 Å². The van der Waals surface area contributed by atoms with E-state index in [4.69, 9.17) is 11.6 Å². The van der Waals surface area contributed by atoms with Crippen molar-refractivity contribution in [1.82, 2.24) is 5.32 Å². The first-order chi connectivity index (χ1) is 4.86. The molecule has 1 aliphatic heterocycles. The van der Waals surface area contributed by atoms with Gasteiger partial charge in [-0.15, -0.1) is 11.6 Å². The van der Waals surface area contributed by atoms with Crippen molar-refractivity contribution in [3.8, 4) is 0 Å². The molecule has 2 aliphatic rings. The molecule has 2 rings (SSSR count). The second kappa shape index (κ2) is 2.55. The van der Waals surface area contributed by atoms with Crippen LogP contribution in [-0.2, 0) is 0 Å². The van der Waals surface area contributed by atoms with Gasteiger partial charge in [0, 0.05) is 13.1 Å². The van der Waals surface area contributed by atoms with Gasteiger partial charge in [-0.1, -0.05) is 11.6 Å². The zero-order chi connectivity index (χ0) is 6.97. The van der Waals surface area contributed by atoms with E-state index in [1.54, 1.807) is 5.57 Å². The Kier molecular flexibility index (Phi) is 1.71. The van der Waals surface area contributed by atoms with Crippen molar-refractivity contribution >= 4 is 11.6 Å². The van der Waals surface area contributed by atoms with Crippen molar-refractivity contribution in [2.45, 2.75) is 18.2 Å². The minimum absolute atomic E-state index is 0.240. The van der Waals surface area contributed by atoms with Crippen molar-refractivity contribution in [3.63, 3.8) is 0 Å². The van der Waals surface area contributed by atoms with Crippen LogP contribution in [0.25, 0.3) is 0 Å². The van der Waals surface area contributed by atoms with E-state index in [0.717, 1.165) is 19.0 Å². The van der Waals surface area contributed by atoms with Crippen LogP contribution < -0.4 is 5.32 Å². The largest absolute Gasteiger partial charge is 0.311 e. The maximum absolute atomic E-state index is 5.94. The Labute approximate surface area is 66.4 Å². The highest BCUT2D eigenvalue weighted by Crippen LogP contribution is 2.37. The Morgan fingerprint density at radius 3 is 2.90 bits per heavy atom. The number of hydrogen-bond acceptors (Lipinski definition) is 1. The molecule has 1 nitrogen and oxygen atoms in total. The zero-order valence-electron chi connectivity index (χ0n) is 5.94. The van der Waals surface area contributed by atoms with Crippen LogP contribution in [0.2, 0.25) is 0 Å². The van der Waals surface area contributed by atoms with Crippen molar-refractivity contribution < 1.29 is 0 Å². The summed E-state index contributed by atoms with van der Waals surface area (Å²) in [4.78, 5) is 0. The normalized spacial score (nSPS) is 33.7. The SMILES string of the molecule is ClC1C=C(C2CC2)CNC1. The summed E-state index contributed by atoms with van der Waals surface area (Å²) >= 11 is 5.94. The van der Waals surface area contributed by atoms with Crippen LogP contribution >= 0.6 is 11.6 Å². The molecule has 1 unspecified atom stereocenters. The summed E-state index contributed by atoms with van der Waals surface area (Å²) < 4.78 is 0. The molecule has 1 saturated carbocycles. The smallest absolute Gasteiger partial charge is 0.0643 e. The summed E-state index contributed by atoms with van der Waals surface area (Å²) in [5.41, 5.74) is 1.55. The molecule has 0 amide bonds. The van der Waals surface area contributed by atoms with Crippen molar-refractivity contribution in [3.05, 3.63) is 11.6 Å². The lowest BCUT2D eigenvalue weighted by atomic mass is 10.1. The van der Waals surface area contributed by atoms with E-state index in [9.17, 15) is 0 Å². The summed E-state index contributed by atoms with van der Waals surface area (Å²) in [6, 6.07) is 0. The number of halogens is 1. The third-order valence-corrected chi connectivity index (χ3v) is 2.45. The molecule has 56 valence electrons. The molecule has 1 N–H and O–H groups in total. The molecule has 0 radical (unpaired) electrons. The van der Waals surface area contributed by atoms with Crippen molar-refractivity contribution in [2.24, 2.45) is 5.92 Å². The summed E-state index contributed by atoms with van der Waals surface area (Å²) in [5.74, 6) is 0.883. The van der Waals surface area contributed by atoms with Crippen LogP contribution in [-0.4, -0.2) is 18.5 Å². The molecule has 1 aliphatic carbocycles. The first-order valence-electron chi connectivity index (χ1n) is 3.91. The molecular weight excluding hydrogens is 146 g/mol. The second-order valence-corrected chi connectivity index (χ2v) is 3.72. The summed E-state index contributed by atoms with van der Waals surface area (Å²) in [6.07, 6.45) is 5.00. The molecule has 1 heterocycles. The van der Waals surface area contributed by atoms with E-state index < -0.39 is 0 Å². The second-order valence-electron chi connectivity index (χ2n) is 3.16. The molecule has 2 heteroatoms. The van der Waals surface area contributed by atoms with Crippen LogP contribution in [0.4, 0.5) is 0 Å². The highest BCUT2D eigenvalue weighted by atomic mass is 35.5. The Bertz CT molecular complexity index is 161. The lowest BCUT2D eigenvalue weighted by Crippen LogP contribution is -2.30. The fourth-order valence-electron chi connectivity index (χ4n) is 1.44. The summed E-state index contributed by atoms with van der Waals surface area (Å²) in [7, 11) is 0. The van der Waals surface area contributed by atoms with E-state index in [1.807, 2.05) is 0 Å². The van der Waals surface area contributed by atoms with Gasteiger partial charge in [0.2, 0.25) is 0 Å². The Balaban J connectivity index is 2.03. The zero-order valence-corrected chi connectivity index (χ0v) is 6.69. The quantitative estimate of drug-likeness (QED) is 0.450. The minimum Gasteiger partial charge on any atom is -0.311 e. The van der Waals surface area contributed by atoms with Crippen LogP contribution in [0, 0.1) is 5.92 Å². The average molecular weight is 158 g/mol. The fraction of sp³-hybridized carbons (Fsp3) is 0.750. The van der Waals surface area contributed by atoms with Crippen molar-refractivity contribution in [2.75, 3.05) is 13.1 Å². The van der Waals surface area contributed by atoms with Crippen LogP contribution in [0.3, 0.4) is 0 Å². The number of alkyl halides is 1. The maximum atomic E-state index is 5.94. The van der Waals surface area contributed by atoms with Gasteiger partial charge < -0.3 is 5.32 Å². The van der Waals surface area contributed by atoms with Gasteiger partial charge >= 0.3 is 0 Å². The maximum Gasteiger partial charge on any atom is 0.0643 e. The van der Waals surface area contributed by atoms with Gasteiger partial charge in [0.05, 0.1) is 5.38 Å². The van der Waals surface area contributed by atoms with E-state index in [1.165, 1.54) is 12.8 Å². The third kappa shape index (κ3) is 1.35. The van der Waals surface area contributed by atoms with Crippen LogP contribution in [0.15, 0.2) is 11.6 Å². The van der Waals surface area contributed by atoms with Crippen LogP contribution in [0.1, 0.15) is 12.8 Å².